The highest BCUT2D eigenvalue weighted by atomic mass is 16.2. The minimum atomic E-state index is -0.171. The third-order valence-corrected chi connectivity index (χ3v) is 2.92. The van der Waals surface area contributed by atoms with Crippen LogP contribution in [-0.2, 0) is 9.59 Å². The van der Waals surface area contributed by atoms with Crippen LogP contribution in [0.4, 0.5) is 11.4 Å². The number of amides is 2. The summed E-state index contributed by atoms with van der Waals surface area (Å²) < 4.78 is 0. The highest BCUT2D eigenvalue weighted by Crippen LogP contribution is 2.23. The van der Waals surface area contributed by atoms with Crippen LogP contribution in [0.3, 0.4) is 0 Å². The number of nitrogens with zero attached hydrogens (tertiary/aromatic N) is 1. The fourth-order valence-electron chi connectivity index (χ4n) is 2.03. The van der Waals surface area contributed by atoms with Crippen molar-refractivity contribution in [2.45, 2.75) is 20.3 Å². The highest BCUT2D eigenvalue weighted by Gasteiger charge is 2.21. The Labute approximate surface area is 111 Å². The summed E-state index contributed by atoms with van der Waals surface area (Å²) in [6.07, 6.45) is 0.409. The van der Waals surface area contributed by atoms with Gasteiger partial charge in [0.05, 0.1) is 17.1 Å². The summed E-state index contributed by atoms with van der Waals surface area (Å²) in [7, 11) is 0. The molecule has 19 heavy (non-hydrogen) atoms. The molecule has 2 rings (SSSR count). The second-order valence-corrected chi connectivity index (χ2v) is 4.62. The lowest BCUT2D eigenvalue weighted by Gasteiger charge is -2.19. The van der Waals surface area contributed by atoms with Crippen molar-refractivity contribution in [1.82, 2.24) is 5.43 Å². The molecule has 4 N–H and O–H groups in total. The van der Waals surface area contributed by atoms with Gasteiger partial charge in [0.1, 0.15) is 0 Å². The Hall–Kier alpha value is -2.37. The van der Waals surface area contributed by atoms with Gasteiger partial charge in [-0.15, -0.1) is 0 Å². The van der Waals surface area contributed by atoms with Crippen LogP contribution in [-0.4, -0.2) is 17.5 Å². The molecular weight excluding hydrogens is 244 g/mol. The van der Waals surface area contributed by atoms with Crippen molar-refractivity contribution in [3.8, 4) is 0 Å². The van der Waals surface area contributed by atoms with Gasteiger partial charge in [0.25, 0.3) is 0 Å². The first-order valence-corrected chi connectivity index (χ1v) is 6.01. The number of benzene rings is 1. The van der Waals surface area contributed by atoms with Gasteiger partial charge in [-0.05, 0) is 12.1 Å². The van der Waals surface area contributed by atoms with E-state index in [1.54, 1.807) is 12.1 Å². The van der Waals surface area contributed by atoms with Crippen molar-refractivity contribution in [3.63, 3.8) is 0 Å². The van der Waals surface area contributed by atoms with Gasteiger partial charge >= 0.3 is 0 Å². The van der Waals surface area contributed by atoms with Crippen LogP contribution in [0.2, 0.25) is 0 Å². The van der Waals surface area contributed by atoms with Crippen molar-refractivity contribution >= 4 is 28.9 Å². The summed E-state index contributed by atoms with van der Waals surface area (Å²) in [6.45, 7) is 3.37. The summed E-state index contributed by atoms with van der Waals surface area (Å²) in [4.78, 5) is 22.2. The van der Waals surface area contributed by atoms with Crippen LogP contribution in [0.15, 0.2) is 23.3 Å². The van der Waals surface area contributed by atoms with E-state index in [2.05, 4.69) is 15.8 Å². The molecule has 1 heterocycles. The number of nitrogen functional groups attached to an aromatic ring is 1. The average molecular weight is 260 g/mol. The maximum absolute atomic E-state index is 11.2. The van der Waals surface area contributed by atoms with Gasteiger partial charge in [0.2, 0.25) is 11.8 Å². The number of carbonyl (C=O) groups excluding carboxylic acids is 2. The van der Waals surface area contributed by atoms with Crippen molar-refractivity contribution in [3.05, 3.63) is 23.8 Å². The zero-order valence-corrected chi connectivity index (χ0v) is 10.9. The molecule has 2 amide bonds. The molecular formula is C13H16N4O2. The SMILES string of the molecule is CC(=O)Nc1ccc(C2=NNC(=O)C[C@H]2C)cc1N. The molecule has 100 valence electrons. The standard InChI is InChI=1S/C13H16N4O2/c1-7-5-12(19)16-17-13(7)9-3-4-11(10(14)6-9)15-8(2)18/h3-4,6-7H,5,14H2,1-2H3,(H,15,18)(H,16,19)/t7-/m1/s1. The molecule has 6 heteroatoms. The molecule has 0 fully saturated rings. The Morgan fingerprint density at radius 1 is 1.53 bits per heavy atom. The normalized spacial score (nSPS) is 18.5. The van der Waals surface area contributed by atoms with E-state index in [1.807, 2.05) is 13.0 Å². The summed E-state index contributed by atoms with van der Waals surface area (Å²) >= 11 is 0. The molecule has 0 bridgehead atoms. The van der Waals surface area contributed by atoms with Gasteiger partial charge < -0.3 is 11.1 Å². The molecule has 0 unspecified atom stereocenters. The quantitative estimate of drug-likeness (QED) is 0.694. The average Bonchev–Trinajstić information content (AvgIpc) is 2.31. The van der Waals surface area contributed by atoms with E-state index in [4.69, 9.17) is 5.73 Å². The predicted molar refractivity (Wildman–Crippen MR) is 73.6 cm³/mol. The molecule has 1 aliphatic rings. The second kappa shape index (κ2) is 5.09. The van der Waals surface area contributed by atoms with E-state index < -0.39 is 0 Å². The summed E-state index contributed by atoms with van der Waals surface area (Å²) in [5.74, 6) is -0.214. The molecule has 1 atom stereocenters. The molecule has 1 aromatic rings. The molecule has 0 saturated carbocycles. The molecule has 6 nitrogen and oxygen atoms in total. The van der Waals surface area contributed by atoms with E-state index >= 15 is 0 Å². The Morgan fingerprint density at radius 3 is 2.84 bits per heavy atom. The predicted octanol–water partition coefficient (Wildman–Crippen LogP) is 1.09. The number of hydrogen-bond donors (Lipinski definition) is 3. The Balaban J connectivity index is 2.29. The van der Waals surface area contributed by atoms with Gasteiger partial charge in [-0.2, -0.15) is 5.10 Å². The minimum Gasteiger partial charge on any atom is -0.397 e. The number of nitrogens with two attached hydrogens (primary N) is 1. The number of rotatable bonds is 2. The number of nitrogens with one attached hydrogen (secondary N) is 2. The number of hydrogen-bond acceptors (Lipinski definition) is 4. The number of hydrazone groups is 1. The Bertz CT molecular complexity index is 566. The lowest BCUT2D eigenvalue weighted by molar-refractivity contribution is -0.122. The van der Waals surface area contributed by atoms with Gasteiger partial charge in [0.15, 0.2) is 0 Å². The summed E-state index contributed by atoms with van der Waals surface area (Å²) in [5, 5.41) is 6.72. The van der Waals surface area contributed by atoms with Crippen molar-refractivity contribution in [1.29, 1.82) is 0 Å². The van der Waals surface area contributed by atoms with Crippen molar-refractivity contribution in [2.75, 3.05) is 11.1 Å². The lowest BCUT2D eigenvalue weighted by Crippen LogP contribution is -2.32. The first-order chi connectivity index (χ1) is 8.97. The maximum Gasteiger partial charge on any atom is 0.240 e. The Morgan fingerprint density at radius 2 is 2.26 bits per heavy atom. The van der Waals surface area contributed by atoms with E-state index in [9.17, 15) is 9.59 Å². The van der Waals surface area contributed by atoms with Crippen LogP contribution in [0, 0.1) is 5.92 Å². The summed E-state index contributed by atoms with van der Waals surface area (Å²) in [6, 6.07) is 5.31. The third kappa shape index (κ3) is 2.90. The zero-order chi connectivity index (χ0) is 14.0. The fraction of sp³-hybridized carbons (Fsp3) is 0.308. The largest absolute Gasteiger partial charge is 0.397 e. The van der Waals surface area contributed by atoms with Crippen LogP contribution in [0.5, 0.6) is 0 Å². The fourth-order valence-corrected chi connectivity index (χ4v) is 2.03. The van der Waals surface area contributed by atoms with E-state index in [0.717, 1.165) is 11.3 Å². The third-order valence-electron chi connectivity index (χ3n) is 2.92. The zero-order valence-electron chi connectivity index (χ0n) is 10.9. The van der Waals surface area contributed by atoms with E-state index in [-0.39, 0.29) is 17.7 Å². The minimum absolute atomic E-state index is 0.0415. The van der Waals surface area contributed by atoms with E-state index in [0.29, 0.717) is 17.8 Å². The monoisotopic (exact) mass is 260 g/mol. The summed E-state index contributed by atoms with van der Waals surface area (Å²) in [5.41, 5.74) is 11.0. The smallest absolute Gasteiger partial charge is 0.240 e. The number of anilines is 2. The molecule has 0 radical (unpaired) electrons. The molecule has 0 spiro atoms. The van der Waals surface area contributed by atoms with Gasteiger partial charge in [-0.1, -0.05) is 13.0 Å². The highest BCUT2D eigenvalue weighted by molar-refractivity contribution is 6.07. The Kier molecular flexibility index (Phi) is 3.50. The molecule has 0 aromatic heterocycles. The second-order valence-electron chi connectivity index (χ2n) is 4.62. The molecule has 1 aromatic carbocycles. The topological polar surface area (TPSA) is 96.6 Å². The molecule has 0 saturated heterocycles. The first-order valence-electron chi connectivity index (χ1n) is 6.01. The van der Waals surface area contributed by atoms with Gasteiger partial charge in [-0.3, -0.25) is 9.59 Å². The van der Waals surface area contributed by atoms with Crippen molar-refractivity contribution in [2.24, 2.45) is 11.0 Å². The van der Waals surface area contributed by atoms with Crippen molar-refractivity contribution < 1.29 is 9.59 Å². The van der Waals surface area contributed by atoms with Crippen LogP contribution in [0.1, 0.15) is 25.8 Å². The van der Waals surface area contributed by atoms with Gasteiger partial charge in [-0.25, -0.2) is 5.43 Å². The number of carbonyl (C=O) groups is 2. The van der Waals surface area contributed by atoms with Crippen LogP contribution in [0.25, 0.3) is 0 Å². The molecule has 1 aliphatic heterocycles. The van der Waals surface area contributed by atoms with Gasteiger partial charge in [0, 0.05) is 24.8 Å². The lowest BCUT2D eigenvalue weighted by atomic mass is 9.93. The first kappa shape index (κ1) is 13.1. The van der Waals surface area contributed by atoms with Crippen LogP contribution >= 0.6 is 0 Å². The van der Waals surface area contributed by atoms with Crippen LogP contribution < -0.4 is 16.5 Å². The molecule has 0 aliphatic carbocycles. The van der Waals surface area contributed by atoms with E-state index in [1.165, 1.54) is 6.92 Å². The maximum atomic E-state index is 11.2.